The van der Waals surface area contributed by atoms with Crippen LogP contribution in [0.5, 0.6) is 0 Å². The van der Waals surface area contributed by atoms with Gasteiger partial charge in [-0.1, -0.05) is 0 Å². The van der Waals surface area contributed by atoms with Gasteiger partial charge in [0.1, 0.15) is 5.82 Å². The van der Waals surface area contributed by atoms with Crippen molar-refractivity contribution in [3.05, 3.63) is 29.8 Å². The first-order valence-corrected chi connectivity index (χ1v) is 4.62. The molecule has 0 aromatic carbocycles. The number of halogens is 1. The summed E-state index contributed by atoms with van der Waals surface area (Å²) in [4.78, 5) is 3.66. The highest BCUT2D eigenvalue weighted by Crippen LogP contribution is 2.20. The second-order valence-electron chi connectivity index (χ2n) is 2.64. The van der Waals surface area contributed by atoms with Crippen LogP contribution in [0.2, 0.25) is 0 Å². The van der Waals surface area contributed by atoms with Crippen LogP contribution in [-0.2, 0) is 9.47 Å². The van der Waals surface area contributed by atoms with Crippen LogP contribution in [0, 0.1) is 5.82 Å². The van der Waals surface area contributed by atoms with Gasteiger partial charge in [0.25, 0.3) is 0 Å². The minimum Gasteiger partial charge on any atom is -0.349 e. The zero-order valence-electron chi connectivity index (χ0n) is 8.37. The second kappa shape index (κ2) is 5.67. The van der Waals surface area contributed by atoms with Crippen molar-refractivity contribution in [1.82, 2.24) is 4.98 Å². The topological polar surface area (TPSA) is 31.4 Å². The van der Waals surface area contributed by atoms with Gasteiger partial charge in [-0.25, -0.2) is 4.39 Å². The van der Waals surface area contributed by atoms with E-state index in [4.69, 9.17) is 9.47 Å². The van der Waals surface area contributed by atoms with E-state index in [1.54, 1.807) is 6.07 Å². The first-order valence-electron chi connectivity index (χ1n) is 4.62. The molecule has 0 saturated carbocycles. The predicted molar refractivity (Wildman–Crippen MR) is 50.2 cm³/mol. The molecule has 1 rings (SSSR count). The summed E-state index contributed by atoms with van der Waals surface area (Å²) < 4.78 is 23.8. The van der Waals surface area contributed by atoms with Gasteiger partial charge in [0, 0.05) is 25.0 Å². The Morgan fingerprint density at radius 3 is 2.50 bits per heavy atom. The molecule has 1 heterocycles. The number of aromatic nitrogens is 1. The third kappa shape index (κ3) is 2.75. The molecule has 1 aromatic heterocycles. The molecule has 4 heteroatoms. The number of pyridine rings is 1. The van der Waals surface area contributed by atoms with E-state index in [9.17, 15) is 4.39 Å². The largest absolute Gasteiger partial charge is 0.349 e. The number of hydrogen-bond donors (Lipinski definition) is 0. The van der Waals surface area contributed by atoms with Crippen LogP contribution in [0.25, 0.3) is 0 Å². The van der Waals surface area contributed by atoms with Gasteiger partial charge in [0.2, 0.25) is 0 Å². The molecule has 3 nitrogen and oxygen atoms in total. The van der Waals surface area contributed by atoms with E-state index in [0.29, 0.717) is 18.8 Å². The Labute approximate surface area is 82.9 Å². The van der Waals surface area contributed by atoms with Crippen molar-refractivity contribution in [2.24, 2.45) is 0 Å². The summed E-state index contributed by atoms with van der Waals surface area (Å²) in [6.07, 6.45) is 2.04. The van der Waals surface area contributed by atoms with Gasteiger partial charge < -0.3 is 9.47 Å². The standard InChI is InChI=1S/C10H14FNO2/c1-3-13-10(14-4-2)8-5-6-12-7-9(8)11/h5-7,10H,3-4H2,1-2H3. The molecule has 0 aliphatic carbocycles. The first kappa shape index (κ1) is 11.1. The lowest BCUT2D eigenvalue weighted by Crippen LogP contribution is -2.10. The smallest absolute Gasteiger partial charge is 0.186 e. The van der Waals surface area contributed by atoms with Gasteiger partial charge in [-0.05, 0) is 19.9 Å². The van der Waals surface area contributed by atoms with E-state index in [1.807, 2.05) is 13.8 Å². The van der Waals surface area contributed by atoms with Crippen LogP contribution >= 0.6 is 0 Å². The van der Waals surface area contributed by atoms with Gasteiger partial charge in [-0.2, -0.15) is 0 Å². The van der Waals surface area contributed by atoms with Crippen molar-refractivity contribution in [3.8, 4) is 0 Å². The molecule has 0 radical (unpaired) electrons. The van der Waals surface area contributed by atoms with Crippen LogP contribution < -0.4 is 0 Å². The lowest BCUT2D eigenvalue weighted by Gasteiger charge is -2.17. The highest BCUT2D eigenvalue weighted by Gasteiger charge is 2.15. The maximum atomic E-state index is 13.3. The third-order valence-electron chi connectivity index (χ3n) is 1.69. The fourth-order valence-electron chi connectivity index (χ4n) is 1.11. The molecule has 78 valence electrons. The first-order chi connectivity index (χ1) is 6.79. The summed E-state index contributed by atoms with van der Waals surface area (Å²) in [5.41, 5.74) is 0.392. The summed E-state index contributed by atoms with van der Waals surface area (Å²) in [6.45, 7) is 4.63. The molecule has 0 atom stereocenters. The van der Waals surface area contributed by atoms with Crippen LogP contribution in [0.4, 0.5) is 4.39 Å². The quantitative estimate of drug-likeness (QED) is 0.682. The van der Waals surface area contributed by atoms with E-state index in [-0.39, 0.29) is 0 Å². The number of rotatable bonds is 5. The van der Waals surface area contributed by atoms with Gasteiger partial charge >= 0.3 is 0 Å². The van der Waals surface area contributed by atoms with Gasteiger partial charge in [-0.3, -0.25) is 4.98 Å². The van der Waals surface area contributed by atoms with Crippen LogP contribution in [0.3, 0.4) is 0 Å². The van der Waals surface area contributed by atoms with Crippen molar-refractivity contribution in [2.75, 3.05) is 13.2 Å². The minimum atomic E-state index is -0.631. The number of nitrogens with zero attached hydrogens (tertiary/aromatic N) is 1. The van der Waals surface area contributed by atoms with Crippen LogP contribution in [-0.4, -0.2) is 18.2 Å². The summed E-state index contributed by atoms with van der Waals surface area (Å²) in [5, 5.41) is 0. The van der Waals surface area contributed by atoms with E-state index < -0.39 is 12.1 Å². The van der Waals surface area contributed by atoms with E-state index in [0.717, 1.165) is 6.20 Å². The van der Waals surface area contributed by atoms with Crippen molar-refractivity contribution in [2.45, 2.75) is 20.1 Å². The summed E-state index contributed by atoms with van der Waals surface area (Å²) in [5.74, 6) is -0.403. The molecule has 0 unspecified atom stereocenters. The molecule has 0 fully saturated rings. The molecule has 14 heavy (non-hydrogen) atoms. The van der Waals surface area contributed by atoms with E-state index in [2.05, 4.69) is 4.98 Å². The van der Waals surface area contributed by atoms with E-state index >= 15 is 0 Å². The van der Waals surface area contributed by atoms with Crippen LogP contribution in [0.15, 0.2) is 18.5 Å². The van der Waals surface area contributed by atoms with E-state index in [1.165, 1.54) is 6.20 Å². The van der Waals surface area contributed by atoms with Crippen molar-refractivity contribution < 1.29 is 13.9 Å². The summed E-state index contributed by atoms with van der Waals surface area (Å²) >= 11 is 0. The Morgan fingerprint density at radius 1 is 1.36 bits per heavy atom. The average Bonchev–Trinajstić information content (AvgIpc) is 2.18. The lowest BCUT2D eigenvalue weighted by molar-refractivity contribution is -0.141. The number of hydrogen-bond acceptors (Lipinski definition) is 3. The zero-order valence-corrected chi connectivity index (χ0v) is 8.37. The van der Waals surface area contributed by atoms with Crippen molar-refractivity contribution in [3.63, 3.8) is 0 Å². The molecule has 0 N–H and O–H groups in total. The Morgan fingerprint density at radius 2 is 2.00 bits per heavy atom. The molecular formula is C10H14FNO2. The molecule has 0 aliphatic heterocycles. The Kier molecular flexibility index (Phi) is 4.49. The van der Waals surface area contributed by atoms with Gasteiger partial charge in [0.15, 0.2) is 6.29 Å². The number of ether oxygens (including phenoxy) is 2. The lowest BCUT2D eigenvalue weighted by atomic mass is 10.2. The molecule has 1 aromatic rings. The fraction of sp³-hybridized carbons (Fsp3) is 0.500. The SMILES string of the molecule is CCOC(OCC)c1ccncc1F. The molecule has 0 amide bonds. The predicted octanol–water partition coefficient (Wildman–Crippen LogP) is 2.29. The van der Waals surface area contributed by atoms with Crippen molar-refractivity contribution >= 4 is 0 Å². The normalized spacial score (nSPS) is 10.9. The van der Waals surface area contributed by atoms with Crippen molar-refractivity contribution in [1.29, 1.82) is 0 Å². The molecule has 0 spiro atoms. The zero-order chi connectivity index (χ0) is 10.4. The maximum absolute atomic E-state index is 13.3. The highest BCUT2D eigenvalue weighted by atomic mass is 19.1. The molecule has 0 aliphatic rings. The van der Waals surface area contributed by atoms with Gasteiger partial charge in [-0.15, -0.1) is 0 Å². The maximum Gasteiger partial charge on any atom is 0.186 e. The molecular weight excluding hydrogens is 185 g/mol. The monoisotopic (exact) mass is 199 g/mol. The van der Waals surface area contributed by atoms with Gasteiger partial charge in [0.05, 0.1) is 6.20 Å². The average molecular weight is 199 g/mol. The summed E-state index contributed by atoms with van der Waals surface area (Å²) in [6, 6.07) is 1.56. The minimum absolute atomic E-state index is 0.392. The molecule has 0 saturated heterocycles. The Balaban J connectivity index is 2.81. The summed E-state index contributed by atoms with van der Waals surface area (Å²) in [7, 11) is 0. The Bertz CT molecular complexity index is 275. The Hall–Kier alpha value is -1.00. The second-order valence-corrected chi connectivity index (χ2v) is 2.64. The fourth-order valence-corrected chi connectivity index (χ4v) is 1.11. The third-order valence-corrected chi connectivity index (χ3v) is 1.69. The molecule has 0 bridgehead atoms. The highest BCUT2D eigenvalue weighted by molar-refractivity contribution is 5.13. The van der Waals surface area contributed by atoms with Crippen LogP contribution in [0.1, 0.15) is 25.7 Å².